The van der Waals surface area contributed by atoms with Crippen molar-refractivity contribution in [3.8, 4) is 0 Å². The van der Waals surface area contributed by atoms with Crippen molar-refractivity contribution in [3.63, 3.8) is 0 Å². The zero-order valence-corrected chi connectivity index (χ0v) is 6.46. The summed E-state index contributed by atoms with van der Waals surface area (Å²) < 4.78 is 13.2. The number of carbonyl (C=O) groups excluding carboxylic acids is 1. The Kier molecular flexibility index (Phi) is 1.64. The van der Waals surface area contributed by atoms with E-state index in [0.717, 1.165) is 0 Å². The zero-order valence-electron chi connectivity index (χ0n) is 6.46. The minimum absolute atomic E-state index is 0.0421. The average Bonchev–Trinajstić information content (AvgIpc) is 2.12. The van der Waals surface area contributed by atoms with E-state index in [0.29, 0.717) is 17.7 Å². The molecule has 0 N–H and O–H groups in total. The maximum Gasteiger partial charge on any atom is 0.181 e. The van der Waals surface area contributed by atoms with Gasteiger partial charge in [-0.05, 0) is 12.5 Å². The fourth-order valence-electron chi connectivity index (χ4n) is 1.44. The quantitative estimate of drug-likeness (QED) is 0.589. The van der Waals surface area contributed by atoms with Gasteiger partial charge in [0.05, 0.1) is 0 Å². The standard InChI is InChI=1S/C9H8FNO/c10-7-3-4-8(12)9-6(7)2-1-5-11-9/h1-2,5,7H,3-4H2/t7-/m0/s1. The Morgan fingerprint density at radius 2 is 2.42 bits per heavy atom. The smallest absolute Gasteiger partial charge is 0.181 e. The van der Waals surface area contributed by atoms with Crippen molar-refractivity contribution < 1.29 is 9.18 Å². The lowest BCUT2D eigenvalue weighted by Gasteiger charge is -2.16. The monoisotopic (exact) mass is 165 g/mol. The Bertz CT molecular complexity index is 324. The third kappa shape index (κ3) is 1.02. The molecule has 1 aromatic heterocycles. The predicted molar refractivity (Wildman–Crippen MR) is 41.7 cm³/mol. The van der Waals surface area contributed by atoms with Crippen LogP contribution in [-0.2, 0) is 0 Å². The predicted octanol–water partition coefficient (Wildman–Crippen LogP) is 2.07. The fourth-order valence-corrected chi connectivity index (χ4v) is 1.44. The minimum Gasteiger partial charge on any atom is -0.292 e. The third-order valence-electron chi connectivity index (χ3n) is 2.07. The highest BCUT2D eigenvalue weighted by Crippen LogP contribution is 2.30. The molecule has 62 valence electrons. The molecule has 1 heterocycles. The summed E-state index contributed by atoms with van der Waals surface area (Å²) in [6.45, 7) is 0. The Balaban J connectivity index is 2.55. The second kappa shape index (κ2) is 2.66. The zero-order chi connectivity index (χ0) is 8.55. The molecule has 3 heteroatoms. The molecular weight excluding hydrogens is 157 g/mol. The van der Waals surface area contributed by atoms with E-state index in [1.165, 1.54) is 6.20 Å². The van der Waals surface area contributed by atoms with E-state index in [9.17, 15) is 9.18 Å². The van der Waals surface area contributed by atoms with Crippen molar-refractivity contribution >= 4 is 5.78 Å². The molecule has 0 bridgehead atoms. The molecular formula is C9H8FNO. The van der Waals surface area contributed by atoms with Crippen LogP contribution in [-0.4, -0.2) is 10.8 Å². The molecule has 12 heavy (non-hydrogen) atoms. The molecule has 1 atom stereocenters. The molecule has 1 aliphatic carbocycles. The first kappa shape index (κ1) is 7.40. The molecule has 1 aromatic rings. The van der Waals surface area contributed by atoms with Gasteiger partial charge in [0, 0.05) is 18.2 Å². The van der Waals surface area contributed by atoms with Crippen molar-refractivity contribution in [1.82, 2.24) is 4.98 Å². The van der Waals surface area contributed by atoms with Crippen LogP contribution in [0.3, 0.4) is 0 Å². The minimum atomic E-state index is -1.01. The number of fused-ring (bicyclic) bond motifs is 1. The summed E-state index contributed by atoms with van der Waals surface area (Å²) in [5.41, 5.74) is 0.769. The average molecular weight is 165 g/mol. The van der Waals surface area contributed by atoms with Gasteiger partial charge in [-0.3, -0.25) is 9.78 Å². The van der Waals surface area contributed by atoms with E-state index in [1.54, 1.807) is 12.1 Å². The first-order valence-corrected chi connectivity index (χ1v) is 3.91. The van der Waals surface area contributed by atoms with Gasteiger partial charge in [-0.1, -0.05) is 6.07 Å². The summed E-state index contributed by atoms with van der Waals surface area (Å²) in [5, 5.41) is 0. The van der Waals surface area contributed by atoms with E-state index in [1.807, 2.05) is 0 Å². The molecule has 0 radical (unpaired) electrons. The van der Waals surface area contributed by atoms with Crippen LogP contribution in [0, 0.1) is 0 Å². The summed E-state index contributed by atoms with van der Waals surface area (Å²) in [6, 6.07) is 3.29. The number of carbonyl (C=O) groups is 1. The number of hydrogen-bond acceptors (Lipinski definition) is 2. The van der Waals surface area contributed by atoms with Gasteiger partial charge >= 0.3 is 0 Å². The largest absolute Gasteiger partial charge is 0.292 e. The Morgan fingerprint density at radius 3 is 3.17 bits per heavy atom. The van der Waals surface area contributed by atoms with Gasteiger partial charge in [0.25, 0.3) is 0 Å². The van der Waals surface area contributed by atoms with E-state index in [-0.39, 0.29) is 12.2 Å². The molecule has 0 fully saturated rings. The molecule has 0 amide bonds. The van der Waals surface area contributed by atoms with Crippen LogP contribution in [0.2, 0.25) is 0 Å². The van der Waals surface area contributed by atoms with Crippen molar-refractivity contribution in [1.29, 1.82) is 0 Å². The molecule has 0 unspecified atom stereocenters. The number of aromatic nitrogens is 1. The maximum atomic E-state index is 13.2. The molecule has 0 aromatic carbocycles. The first-order chi connectivity index (χ1) is 5.79. The van der Waals surface area contributed by atoms with Crippen LogP contribution < -0.4 is 0 Å². The molecule has 0 saturated heterocycles. The van der Waals surface area contributed by atoms with Gasteiger partial charge in [0.15, 0.2) is 5.78 Å². The van der Waals surface area contributed by atoms with E-state index < -0.39 is 6.17 Å². The summed E-state index contributed by atoms with van der Waals surface area (Å²) >= 11 is 0. The van der Waals surface area contributed by atoms with Crippen molar-refractivity contribution in [2.24, 2.45) is 0 Å². The van der Waals surface area contributed by atoms with Crippen molar-refractivity contribution in [2.75, 3.05) is 0 Å². The van der Waals surface area contributed by atoms with Gasteiger partial charge in [-0.2, -0.15) is 0 Å². The second-order valence-electron chi connectivity index (χ2n) is 2.87. The SMILES string of the molecule is O=C1CC[C@H](F)c2cccnc21. The Hall–Kier alpha value is -1.25. The van der Waals surface area contributed by atoms with Crippen LogP contribution in [0.4, 0.5) is 4.39 Å². The van der Waals surface area contributed by atoms with Crippen LogP contribution in [0.25, 0.3) is 0 Å². The lowest BCUT2D eigenvalue weighted by molar-refractivity contribution is 0.0943. The summed E-state index contributed by atoms with van der Waals surface area (Å²) in [6.07, 6.45) is 1.10. The molecule has 1 aliphatic rings. The number of rotatable bonds is 0. The van der Waals surface area contributed by atoms with Gasteiger partial charge in [-0.15, -0.1) is 0 Å². The Morgan fingerprint density at radius 1 is 1.58 bits per heavy atom. The number of Topliss-reactive ketones (excluding diaryl/α,β-unsaturated/α-hetero) is 1. The molecule has 0 aliphatic heterocycles. The van der Waals surface area contributed by atoms with Crippen molar-refractivity contribution in [3.05, 3.63) is 29.6 Å². The molecule has 0 saturated carbocycles. The second-order valence-corrected chi connectivity index (χ2v) is 2.87. The normalized spacial score (nSPS) is 22.1. The van der Waals surface area contributed by atoms with Crippen LogP contribution in [0.15, 0.2) is 18.3 Å². The number of ketones is 1. The highest BCUT2D eigenvalue weighted by atomic mass is 19.1. The van der Waals surface area contributed by atoms with E-state index in [4.69, 9.17) is 0 Å². The molecule has 0 spiro atoms. The highest BCUT2D eigenvalue weighted by molar-refractivity contribution is 5.96. The van der Waals surface area contributed by atoms with Crippen LogP contribution in [0.5, 0.6) is 0 Å². The molecule has 2 rings (SSSR count). The topological polar surface area (TPSA) is 30.0 Å². The number of pyridine rings is 1. The third-order valence-corrected chi connectivity index (χ3v) is 2.07. The number of hydrogen-bond donors (Lipinski definition) is 0. The van der Waals surface area contributed by atoms with Gasteiger partial charge in [0.1, 0.15) is 11.9 Å². The van der Waals surface area contributed by atoms with Gasteiger partial charge in [-0.25, -0.2) is 4.39 Å². The van der Waals surface area contributed by atoms with Crippen molar-refractivity contribution in [2.45, 2.75) is 19.0 Å². The first-order valence-electron chi connectivity index (χ1n) is 3.91. The molecule has 2 nitrogen and oxygen atoms in total. The number of alkyl halides is 1. The maximum absolute atomic E-state index is 13.2. The van der Waals surface area contributed by atoms with Gasteiger partial charge < -0.3 is 0 Å². The highest BCUT2D eigenvalue weighted by Gasteiger charge is 2.25. The summed E-state index contributed by atoms with van der Waals surface area (Å²) in [4.78, 5) is 15.1. The Labute approximate surface area is 69.4 Å². The number of nitrogens with zero attached hydrogens (tertiary/aromatic N) is 1. The number of halogens is 1. The lowest BCUT2D eigenvalue weighted by atomic mass is 9.94. The summed E-state index contributed by atoms with van der Waals surface area (Å²) in [7, 11) is 0. The fraction of sp³-hybridized carbons (Fsp3) is 0.333. The van der Waals surface area contributed by atoms with Crippen LogP contribution >= 0.6 is 0 Å². The van der Waals surface area contributed by atoms with Gasteiger partial charge in [0.2, 0.25) is 0 Å². The van der Waals surface area contributed by atoms with E-state index >= 15 is 0 Å². The van der Waals surface area contributed by atoms with E-state index in [2.05, 4.69) is 4.98 Å². The van der Waals surface area contributed by atoms with Crippen LogP contribution in [0.1, 0.15) is 35.1 Å². The lowest BCUT2D eigenvalue weighted by Crippen LogP contribution is -2.14. The summed E-state index contributed by atoms with van der Waals surface area (Å²) in [5.74, 6) is -0.0421.